The van der Waals surface area contributed by atoms with Gasteiger partial charge in [-0.05, 0) is 43.3 Å². The summed E-state index contributed by atoms with van der Waals surface area (Å²) in [6, 6.07) is 14.2. The molecule has 0 bridgehead atoms. The number of thiophene rings is 1. The van der Waals surface area contributed by atoms with Gasteiger partial charge in [-0.1, -0.05) is 12.1 Å². The summed E-state index contributed by atoms with van der Waals surface area (Å²) < 4.78 is 32.6. The Morgan fingerprint density at radius 2 is 1.88 bits per heavy atom. The first-order chi connectivity index (χ1) is 12.0. The van der Waals surface area contributed by atoms with Gasteiger partial charge in [-0.25, -0.2) is 13.4 Å². The first kappa shape index (κ1) is 17.2. The van der Waals surface area contributed by atoms with E-state index in [0.717, 1.165) is 16.3 Å². The highest BCUT2D eigenvalue weighted by atomic mass is 32.2. The molecular weight excluding hydrogens is 358 g/mol. The maximum Gasteiger partial charge on any atom is 0.272 e. The molecule has 0 spiro atoms. The van der Waals surface area contributed by atoms with Crippen molar-refractivity contribution in [3.8, 4) is 5.75 Å². The summed E-state index contributed by atoms with van der Waals surface area (Å²) in [5, 5.41) is 3.19. The molecule has 0 radical (unpaired) electrons. The molecule has 2 N–H and O–H groups in total. The molecule has 6 nitrogen and oxygen atoms in total. The van der Waals surface area contributed by atoms with E-state index >= 15 is 0 Å². The molecule has 25 heavy (non-hydrogen) atoms. The molecule has 2 aromatic heterocycles. The summed E-state index contributed by atoms with van der Waals surface area (Å²) in [6.45, 7) is 1.86. The third kappa shape index (κ3) is 4.09. The van der Waals surface area contributed by atoms with E-state index in [1.807, 2.05) is 31.2 Å². The highest BCUT2D eigenvalue weighted by Gasteiger charge is 2.16. The number of aryl methyl sites for hydroxylation is 1. The number of pyridine rings is 1. The third-order valence-electron chi connectivity index (χ3n) is 3.37. The summed E-state index contributed by atoms with van der Waals surface area (Å²) in [5.41, 5.74) is 1.52. The van der Waals surface area contributed by atoms with Crippen LogP contribution in [0.15, 0.2) is 58.9 Å². The molecule has 8 heteroatoms. The average Bonchev–Trinajstić information content (AvgIpc) is 3.04. The zero-order valence-corrected chi connectivity index (χ0v) is 15.3. The largest absolute Gasteiger partial charge is 0.495 e. The molecule has 0 saturated heterocycles. The normalized spacial score (nSPS) is 11.1. The Morgan fingerprint density at radius 1 is 1.08 bits per heavy atom. The fourth-order valence-corrected chi connectivity index (χ4v) is 4.47. The van der Waals surface area contributed by atoms with Crippen LogP contribution in [-0.4, -0.2) is 20.5 Å². The second-order valence-electron chi connectivity index (χ2n) is 5.23. The standard InChI is InChI=1S/C17H17N3O3S2/c1-12-7-10-17(24-12)25(21,22)20-16-9-8-13(11-18-16)19-14-5-3-4-6-15(14)23-2/h3-11,19H,1-2H3,(H,18,20). The van der Waals surface area contributed by atoms with Crippen molar-refractivity contribution in [1.82, 2.24) is 4.98 Å². The van der Waals surface area contributed by atoms with Gasteiger partial charge in [-0.3, -0.25) is 4.72 Å². The zero-order valence-electron chi connectivity index (χ0n) is 13.7. The maximum absolute atomic E-state index is 12.3. The molecule has 0 aliphatic rings. The average molecular weight is 375 g/mol. The highest BCUT2D eigenvalue weighted by molar-refractivity contribution is 7.94. The molecule has 1 aromatic carbocycles. The number of methoxy groups -OCH3 is 1. The van der Waals surface area contributed by atoms with Crippen LogP contribution in [0, 0.1) is 6.92 Å². The Labute approximate surface area is 150 Å². The van der Waals surface area contributed by atoms with Crippen molar-refractivity contribution in [1.29, 1.82) is 0 Å². The minimum absolute atomic E-state index is 0.261. The molecule has 0 aliphatic carbocycles. The van der Waals surface area contributed by atoms with E-state index in [0.29, 0.717) is 5.75 Å². The first-order valence-corrected chi connectivity index (χ1v) is 9.73. The number of hydrogen-bond acceptors (Lipinski definition) is 6. The van der Waals surface area contributed by atoms with Gasteiger partial charge in [0.05, 0.1) is 24.7 Å². The van der Waals surface area contributed by atoms with Gasteiger partial charge >= 0.3 is 0 Å². The highest BCUT2D eigenvalue weighted by Crippen LogP contribution is 2.27. The van der Waals surface area contributed by atoms with Crippen LogP contribution in [0.4, 0.5) is 17.2 Å². The number of hydrogen-bond donors (Lipinski definition) is 2. The first-order valence-electron chi connectivity index (χ1n) is 7.43. The minimum atomic E-state index is -3.61. The van der Waals surface area contributed by atoms with Crippen LogP contribution in [0.5, 0.6) is 5.75 Å². The number of sulfonamides is 1. The lowest BCUT2D eigenvalue weighted by Gasteiger charge is -2.11. The van der Waals surface area contributed by atoms with Crippen molar-refractivity contribution in [3.05, 3.63) is 59.6 Å². The van der Waals surface area contributed by atoms with Crippen LogP contribution in [0.1, 0.15) is 4.88 Å². The minimum Gasteiger partial charge on any atom is -0.495 e. The Kier molecular flexibility index (Phi) is 4.91. The Bertz CT molecular complexity index is 967. The van der Waals surface area contributed by atoms with Gasteiger partial charge in [-0.2, -0.15) is 0 Å². The van der Waals surface area contributed by atoms with E-state index < -0.39 is 10.0 Å². The van der Waals surface area contributed by atoms with E-state index in [9.17, 15) is 8.42 Å². The zero-order chi connectivity index (χ0) is 17.9. The lowest BCUT2D eigenvalue weighted by atomic mass is 10.3. The number of ether oxygens (including phenoxy) is 1. The van der Waals surface area contributed by atoms with Gasteiger partial charge in [0.15, 0.2) is 0 Å². The van der Waals surface area contributed by atoms with E-state index in [4.69, 9.17) is 4.74 Å². The smallest absolute Gasteiger partial charge is 0.272 e. The molecule has 0 amide bonds. The molecule has 0 atom stereocenters. The summed E-state index contributed by atoms with van der Waals surface area (Å²) in [4.78, 5) is 5.09. The maximum atomic E-state index is 12.3. The van der Waals surface area contributed by atoms with E-state index in [1.54, 1.807) is 37.6 Å². The van der Waals surface area contributed by atoms with Crippen molar-refractivity contribution in [3.63, 3.8) is 0 Å². The molecular formula is C17H17N3O3S2. The van der Waals surface area contributed by atoms with E-state index in [1.165, 1.54) is 11.3 Å². The second-order valence-corrected chi connectivity index (χ2v) is 8.43. The predicted molar refractivity (Wildman–Crippen MR) is 100 cm³/mol. The van der Waals surface area contributed by atoms with Crippen molar-refractivity contribution >= 4 is 38.6 Å². The van der Waals surface area contributed by atoms with Crippen LogP contribution in [-0.2, 0) is 10.0 Å². The fourth-order valence-electron chi connectivity index (χ4n) is 2.18. The van der Waals surface area contributed by atoms with E-state index in [2.05, 4.69) is 15.0 Å². The van der Waals surface area contributed by atoms with Crippen LogP contribution < -0.4 is 14.8 Å². The van der Waals surface area contributed by atoms with Crippen molar-refractivity contribution in [2.45, 2.75) is 11.1 Å². The number of para-hydroxylation sites is 2. The second kappa shape index (κ2) is 7.12. The van der Waals surface area contributed by atoms with Crippen LogP contribution in [0.25, 0.3) is 0 Å². The number of rotatable bonds is 6. The summed E-state index contributed by atoms with van der Waals surface area (Å²) >= 11 is 1.22. The number of nitrogens with zero attached hydrogens (tertiary/aromatic N) is 1. The third-order valence-corrected chi connectivity index (χ3v) is 6.22. The molecule has 2 heterocycles. The molecule has 3 rings (SSSR count). The van der Waals surface area contributed by atoms with Crippen LogP contribution in [0.3, 0.4) is 0 Å². The number of nitrogens with one attached hydrogen (secondary N) is 2. The Morgan fingerprint density at radius 3 is 2.52 bits per heavy atom. The van der Waals surface area contributed by atoms with Gasteiger partial charge in [0, 0.05) is 4.88 Å². The number of aromatic nitrogens is 1. The molecule has 3 aromatic rings. The predicted octanol–water partition coefficient (Wildman–Crippen LogP) is 4.00. The molecule has 0 fully saturated rings. The Hall–Kier alpha value is -2.58. The topological polar surface area (TPSA) is 80.3 Å². The Balaban J connectivity index is 1.74. The van der Waals surface area contributed by atoms with Crippen LogP contribution >= 0.6 is 11.3 Å². The lowest BCUT2D eigenvalue weighted by Crippen LogP contribution is -2.12. The summed E-state index contributed by atoms with van der Waals surface area (Å²) in [6.07, 6.45) is 1.56. The van der Waals surface area contributed by atoms with E-state index in [-0.39, 0.29) is 10.0 Å². The fraction of sp³-hybridized carbons (Fsp3) is 0.118. The molecule has 0 aliphatic heterocycles. The monoisotopic (exact) mass is 375 g/mol. The number of benzene rings is 1. The van der Waals surface area contributed by atoms with Gasteiger partial charge in [0.2, 0.25) is 0 Å². The summed E-state index contributed by atoms with van der Waals surface area (Å²) in [7, 11) is -2.01. The number of anilines is 3. The van der Waals surface area contributed by atoms with Gasteiger partial charge in [0.1, 0.15) is 15.8 Å². The van der Waals surface area contributed by atoms with Crippen molar-refractivity contribution in [2.24, 2.45) is 0 Å². The van der Waals surface area contributed by atoms with Gasteiger partial charge in [0.25, 0.3) is 10.0 Å². The van der Waals surface area contributed by atoms with Crippen LogP contribution in [0.2, 0.25) is 0 Å². The SMILES string of the molecule is COc1ccccc1Nc1ccc(NS(=O)(=O)c2ccc(C)s2)nc1. The van der Waals surface area contributed by atoms with Gasteiger partial charge < -0.3 is 10.1 Å². The van der Waals surface area contributed by atoms with Gasteiger partial charge in [-0.15, -0.1) is 11.3 Å². The molecule has 0 unspecified atom stereocenters. The molecule has 130 valence electrons. The molecule has 0 saturated carbocycles. The van der Waals surface area contributed by atoms with Crippen molar-refractivity contribution in [2.75, 3.05) is 17.1 Å². The van der Waals surface area contributed by atoms with Crippen molar-refractivity contribution < 1.29 is 13.2 Å². The summed E-state index contributed by atoms with van der Waals surface area (Å²) in [5.74, 6) is 0.969. The quantitative estimate of drug-likeness (QED) is 0.680. The lowest BCUT2D eigenvalue weighted by molar-refractivity contribution is 0.417.